The molecule has 0 aliphatic heterocycles. The second kappa shape index (κ2) is 8.81. The average Bonchev–Trinajstić information content (AvgIpc) is 2.73. The normalized spacial score (nSPS) is 10.2. The predicted octanol–water partition coefficient (Wildman–Crippen LogP) is 3.31. The molecule has 1 heterocycles. The maximum atomic E-state index is 12.9. The quantitative estimate of drug-likeness (QED) is 0.652. The van der Waals surface area contributed by atoms with Gasteiger partial charge in [-0.15, -0.1) is 0 Å². The number of anilines is 2. The number of methoxy groups -OCH3 is 2. The summed E-state index contributed by atoms with van der Waals surface area (Å²) in [5.74, 6) is 0.948. The van der Waals surface area contributed by atoms with Crippen LogP contribution in [0.1, 0.15) is 16.1 Å². The summed E-state index contributed by atoms with van der Waals surface area (Å²) in [5.41, 5.74) is 1.71. The van der Waals surface area contributed by atoms with Gasteiger partial charge in [-0.25, -0.2) is 14.4 Å². The Labute approximate surface area is 161 Å². The van der Waals surface area contributed by atoms with E-state index in [2.05, 4.69) is 20.6 Å². The second-order valence-electron chi connectivity index (χ2n) is 5.79. The van der Waals surface area contributed by atoms with Crippen molar-refractivity contribution in [3.63, 3.8) is 0 Å². The molecule has 3 rings (SSSR count). The number of ether oxygens (including phenoxy) is 2. The molecule has 28 heavy (non-hydrogen) atoms. The van der Waals surface area contributed by atoms with Gasteiger partial charge in [0.25, 0.3) is 5.91 Å². The number of carbonyl (C=O) groups is 1. The lowest BCUT2D eigenvalue weighted by Crippen LogP contribution is -2.24. The highest BCUT2D eigenvalue weighted by atomic mass is 19.1. The van der Waals surface area contributed by atoms with E-state index >= 15 is 0 Å². The number of amides is 1. The Morgan fingerprint density at radius 2 is 1.75 bits per heavy atom. The maximum Gasteiger partial charge on any atom is 0.270 e. The number of hydrogen-bond acceptors (Lipinski definition) is 6. The van der Waals surface area contributed by atoms with Crippen LogP contribution in [-0.4, -0.2) is 30.1 Å². The summed E-state index contributed by atoms with van der Waals surface area (Å²) in [7, 11) is 3.11. The van der Waals surface area contributed by atoms with E-state index in [0.29, 0.717) is 23.0 Å². The summed E-state index contributed by atoms with van der Waals surface area (Å²) in [6.45, 7) is 0.265. The highest BCUT2D eigenvalue weighted by Gasteiger charge is 2.10. The fourth-order valence-corrected chi connectivity index (χ4v) is 2.49. The molecular formula is C20H19FN4O3. The van der Waals surface area contributed by atoms with Crippen molar-refractivity contribution in [3.05, 3.63) is 71.9 Å². The Hall–Kier alpha value is -3.68. The van der Waals surface area contributed by atoms with Gasteiger partial charge in [0.2, 0.25) is 0 Å². The lowest BCUT2D eigenvalue weighted by atomic mass is 10.2. The first kappa shape index (κ1) is 19.1. The molecule has 0 saturated carbocycles. The Kier molecular flexibility index (Phi) is 6.01. The minimum Gasteiger partial charge on any atom is -0.493 e. The van der Waals surface area contributed by atoms with Crippen molar-refractivity contribution in [3.8, 4) is 11.5 Å². The molecule has 2 aromatic carbocycles. The van der Waals surface area contributed by atoms with E-state index < -0.39 is 0 Å². The van der Waals surface area contributed by atoms with Crippen LogP contribution in [-0.2, 0) is 6.54 Å². The minimum absolute atomic E-state index is 0.208. The number of nitrogens with zero attached hydrogens (tertiary/aromatic N) is 2. The summed E-state index contributed by atoms with van der Waals surface area (Å²) in [6.07, 6.45) is 1.30. The SMILES string of the molecule is COc1ccc(Nc2cc(C(=O)NCc3ccc(F)cc3)ncn2)cc1OC. The van der Waals surface area contributed by atoms with Crippen LogP contribution in [0.4, 0.5) is 15.9 Å². The molecule has 0 atom stereocenters. The van der Waals surface area contributed by atoms with Crippen molar-refractivity contribution in [2.75, 3.05) is 19.5 Å². The third-order valence-electron chi connectivity index (χ3n) is 3.92. The number of rotatable bonds is 7. The molecular weight excluding hydrogens is 363 g/mol. The largest absolute Gasteiger partial charge is 0.493 e. The van der Waals surface area contributed by atoms with Gasteiger partial charge in [0.15, 0.2) is 11.5 Å². The molecule has 0 radical (unpaired) electrons. The van der Waals surface area contributed by atoms with Crippen LogP contribution < -0.4 is 20.1 Å². The topological polar surface area (TPSA) is 85.4 Å². The molecule has 0 aliphatic carbocycles. The number of nitrogens with one attached hydrogen (secondary N) is 2. The molecule has 0 bridgehead atoms. The molecule has 0 fully saturated rings. The zero-order valence-corrected chi connectivity index (χ0v) is 15.4. The van der Waals surface area contributed by atoms with Gasteiger partial charge >= 0.3 is 0 Å². The van der Waals surface area contributed by atoms with Gasteiger partial charge in [0, 0.05) is 24.4 Å². The lowest BCUT2D eigenvalue weighted by Gasteiger charge is -2.11. The van der Waals surface area contributed by atoms with Crippen molar-refractivity contribution in [2.45, 2.75) is 6.54 Å². The fraction of sp³-hybridized carbons (Fsp3) is 0.150. The third kappa shape index (κ3) is 4.73. The van der Waals surface area contributed by atoms with E-state index in [1.807, 2.05) is 0 Å². The summed E-state index contributed by atoms with van der Waals surface area (Å²) >= 11 is 0. The summed E-state index contributed by atoms with van der Waals surface area (Å²) in [5, 5.41) is 5.84. The third-order valence-corrected chi connectivity index (χ3v) is 3.92. The summed E-state index contributed by atoms with van der Waals surface area (Å²) in [6, 6.07) is 12.8. The number of hydrogen-bond donors (Lipinski definition) is 2. The molecule has 7 nitrogen and oxygen atoms in total. The number of carbonyl (C=O) groups excluding carboxylic acids is 1. The molecule has 144 valence electrons. The molecule has 1 amide bonds. The summed E-state index contributed by atoms with van der Waals surface area (Å²) in [4.78, 5) is 20.5. The Morgan fingerprint density at radius 3 is 2.46 bits per heavy atom. The predicted molar refractivity (Wildman–Crippen MR) is 102 cm³/mol. The van der Waals surface area contributed by atoms with Crippen molar-refractivity contribution in [1.29, 1.82) is 0 Å². The molecule has 0 saturated heterocycles. The molecule has 0 unspecified atom stereocenters. The number of benzene rings is 2. The van der Waals surface area contributed by atoms with E-state index in [0.717, 1.165) is 5.56 Å². The van der Waals surface area contributed by atoms with Crippen LogP contribution in [0.2, 0.25) is 0 Å². The molecule has 0 aliphatic rings. The highest BCUT2D eigenvalue weighted by Crippen LogP contribution is 2.30. The van der Waals surface area contributed by atoms with E-state index in [4.69, 9.17) is 9.47 Å². The maximum absolute atomic E-state index is 12.9. The van der Waals surface area contributed by atoms with Crippen LogP contribution in [0.15, 0.2) is 54.9 Å². The van der Waals surface area contributed by atoms with Crippen molar-refractivity contribution in [1.82, 2.24) is 15.3 Å². The fourth-order valence-electron chi connectivity index (χ4n) is 2.49. The van der Waals surface area contributed by atoms with Gasteiger partial charge in [0.1, 0.15) is 23.7 Å². The van der Waals surface area contributed by atoms with Crippen molar-refractivity contribution < 1.29 is 18.7 Å². The van der Waals surface area contributed by atoms with Gasteiger partial charge in [-0.3, -0.25) is 4.79 Å². The zero-order valence-electron chi connectivity index (χ0n) is 15.4. The first-order valence-electron chi connectivity index (χ1n) is 8.43. The molecule has 8 heteroatoms. The monoisotopic (exact) mass is 382 g/mol. The van der Waals surface area contributed by atoms with E-state index in [-0.39, 0.29) is 24.0 Å². The van der Waals surface area contributed by atoms with Crippen molar-refractivity contribution >= 4 is 17.4 Å². The molecule has 0 spiro atoms. The second-order valence-corrected chi connectivity index (χ2v) is 5.79. The van der Waals surface area contributed by atoms with Crippen LogP contribution in [0, 0.1) is 5.82 Å². The minimum atomic E-state index is -0.359. The van der Waals surface area contributed by atoms with Gasteiger partial charge in [-0.1, -0.05) is 12.1 Å². The Morgan fingerprint density at radius 1 is 1.00 bits per heavy atom. The lowest BCUT2D eigenvalue weighted by molar-refractivity contribution is 0.0946. The average molecular weight is 382 g/mol. The van der Waals surface area contributed by atoms with Crippen LogP contribution in [0.3, 0.4) is 0 Å². The zero-order chi connectivity index (χ0) is 19.9. The van der Waals surface area contributed by atoms with E-state index in [1.165, 1.54) is 24.5 Å². The van der Waals surface area contributed by atoms with Gasteiger partial charge in [0.05, 0.1) is 14.2 Å². The van der Waals surface area contributed by atoms with Crippen LogP contribution in [0.25, 0.3) is 0 Å². The summed E-state index contributed by atoms with van der Waals surface area (Å²) < 4.78 is 23.4. The number of aromatic nitrogens is 2. The Bertz CT molecular complexity index is 964. The molecule has 2 N–H and O–H groups in total. The Balaban J connectivity index is 1.67. The van der Waals surface area contributed by atoms with Gasteiger partial charge in [-0.05, 0) is 29.8 Å². The van der Waals surface area contributed by atoms with Gasteiger partial charge < -0.3 is 20.1 Å². The molecule has 1 aromatic heterocycles. The highest BCUT2D eigenvalue weighted by molar-refractivity contribution is 5.92. The van der Waals surface area contributed by atoms with Crippen LogP contribution >= 0.6 is 0 Å². The molecule has 3 aromatic rings. The smallest absolute Gasteiger partial charge is 0.270 e. The van der Waals surface area contributed by atoms with Crippen LogP contribution in [0.5, 0.6) is 11.5 Å². The van der Waals surface area contributed by atoms with E-state index in [9.17, 15) is 9.18 Å². The number of halogens is 1. The van der Waals surface area contributed by atoms with Gasteiger partial charge in [-0.2, -0.15) is 0 Å². The first-order chi connectivity index (χ1) is 13.6. The standard InChI is InChI=1S/C20H19FN4O3/c1-27-17-8-7-15(9-18(17)28-2)25-19-10-16(23-12-24-19)20(26)22-11-13-3-5-14(21)6-4-13/h3-10,12H,11H2,1-2H3,(H,22,26)(H,23,24,25). The van der Waals surface area contributed by atoms with Crippen molar-refractivity contribution in [2.24, 2.45) is 0 Å². The van der Waals surface area contributed by atoms with E-state index in [1.54, 1.807) is 44.6 Å². The first-order valence-corrected chi connectivity index (χ1v) is 8.43.